The third kappa shape index (κ3) is 3.51. The lowest BCUT2D eigenvalue weighted by Crippen LogP contribution is -2.28. The second-order valence-corrected chi connectivity index (χ2v) is 6.58. The lowest BCUT2D eigenvalue weighted by molar-refractivity contribution is -0.116. The fraction of sp³-hybridized carbons (Fsp3) is 0.500. The van der Waals surface area contributed by atoms with Crippen LogP contribution in [0.4, 0.5) is 5.69 Å². The number of nitrogens with one attached hydrogen (secondary N) is 1. The Morgan fingerprint density at radius 1 is 1.40 bits per heavy atom. The molecule has 7 heteroatoms. The maximum Gasteiger partial charge on any atom is 0.224 e. The lowest BCUT2D eigenvalue weighted by atomic mass is 10.0. The molecule has 2 aromatic rings. The van der Waals surface area contributed by atoms with Gasteiger partial charge in [0.05, 0.1) is 6.04 Å². The van der Waals surface area contributed by atoms with Gasteiger partial charge in [0.2, 0.25) is 11.8 Å². The van der Waals surface area contributed by atoms with Crippen LogP contribution in [0.25, 0.3) is 0 Å². The van der Waals surface area contributed by atoms with Gasteiger partial charge >= 0.3 is 0 Å². The van der Waals surface area contributed by atoms with Gasteiger partial charge in [0.1, 0.15) is 12.4 Å². The van der Waals surface area contributed by atoms with Crippen LogP contribution in [0.5, 0.6) is 5.75 Å². The summed E-state index contributed by atoms with van der Waals surface area (Å²) in [6.45, 7) is 4.28. The SMILES string of the molecule is Cc1nc([C@@H]2CCCN2CCOc2ccc3c(c2)CCC(=O)N3)no1. The van der Waals surface area contributed by atoms with Crippen LogP contribution >= 0.6 is 0 Å². The van der Waals surface area contributed by atoms with Crippen molar-refractivity contribution < 1.29 is 14.1 Å². The van der Waals surface area contributed by atoms with Gasteiger partial charge in [-0.2, -0.15) is 4.98 Å². The summed E-state index contributed by atoms with van der Waals surface area (Å²) in [5, 5.41) is 6.95. The van der Waals surface area contributed by atoms with E-state index in [0.29, 0.717) is 18.9 Å². The van der Waals surface area contributed by atoms with Gasteiger partial charge in [-0.25, -0.2) is 0 Å². The fourth-order valence-electron chi connectivity index (χ4n) is 3.57. The number of carbonyl (C=O) groups is 1. The molecule has 2 aliphatic heterocycles. The van der Waals surface area contributed by atoms with Gasteiger partial charge in [0.15, 0.2) is 5.82 Å². The Kier molecular flexibility index (Phi) is 4.40. The monoisotopic (exact) mass is 342 g/mol. The first-order chi connectivity index (χ1) is 12.2. The minimum absolute atomic E-state index is 0.0814. The largest absolute Gasteiger partial charge is 0.492 e. The normalized spacial score (nSPS) is 20.4. The van der Waals surface area contributed by atoms with Gasteiger partial charge < -0.3 is 14.6 Å². The van der Waals surface area contributed by atoms with E-state index in [1.165, 1.54) is 0 Å². The molecule has 1 aromatic heterocycles. The smallest absolute Gasteiger partial charge is 0.224 e. The molecular weight excluding hydrogens is 320 g/mol. The predicted molar refractivity (Wildman–Crippen MR) is 91.5 cm³/mol. The van der Waals surface area contributed by atoms with Crippen molar-refractivity contribution in [3.8, 4) is 5.75 Å². The van der Waals surface area contributed by atoms with Crippen LogP contribution in [0, 0.1) is 6.92 Å². The number of nitrogens with zero attached hydrogens (tertiary/aromatic N) is 3. The zero-order valence-corrected chi connectivity index (χ0v) is 14.3. The van der Waals surface area contributed by atoms with E-state index in [1.54, 1.807) is 0 Å². The van der Waals surface area contributed by atoms with Crippen LogP contribution in [0.3, 0.4) is 0 Å². The number of aryl methyl sites for hydroxylation is 2. The Hall–Kier alpha value is -2.41. The van der Waals surface area contributed by atoms with E-state index in [4.69, 9.17) is 9.26 Å². The zero-order chi connectivity index (χ0) is 17.2. The molecule has 4 rings (SSSR count). The van der Waals surface area contributed by atoms with Crippen molar-refractivity contribution in [3.63, 3.8) is 0 Å². The number of likely N-dealkylation sites (tertiary alicyclic amines) is 1. The molecule has 25 heavy (non-hydrogen) atoms. The van der Waals surface area contributed by atoms with E-state index in [-0.39, 0.29) is 11.9 Å². The van der Waals surface area contributed by atoms with Crippen LogP contribution in [-0.2, 0) is 11.2 Å². The highest BCUT2D eigenvalue weighted by atomic mass is 16.5. The minimum atomic E-state index is 0.0814. The minimum Gasteiger partial charge on any atom is -0.492 e. The molecule has 0 saturated carbocycles. The summed E-state index contributed by atoms with van der Waals surface area (Å²) in [5.41, 5.74) is 2.04. The van der Waals surface area contributed by atoms with E-state index in [2.05, 4.69) is 20.4 Å². The van der Waals surface area contributed by atoms with Crippen molar-refractivity contribution in [1.29, 1.82) is 0 Å². The maximum atomic E-state index is 11.4. The maximum absolute atomic E-state index is 11.4. The molecule has 3 heterocycles. The van der Waals surface area contributed by atoms with E-state index < -0.39 is 0 Å². The highest BCUT2D eigenvalue weighted by Crippen LogP contribution is 2.30. The number of aromatic nitrogens is 2. The van der Waals surface area contributed by atoms with Crippen LogP contribution in [-0.4, -0.2) is 40.6 Å². The van der Waals surface area contributed by atoms with Gasteiger partial charge in [-0.1, -0.05) is 5.16 Å². The summed E-state index contributed by atoms with van der Waals surface area (Å²) in [4.78, 5) is 18.1. The van der Waals surface area contributed by atoms with Gasteiger partial charge in [-0.3, -0.25) is 9.69 Å². The van der Waals surface area contributed by atoms with Crippen LogP contribution in [0.15, 0.2) is 22.7 Å². The molecular formula is C18H22N4O3. The van der Waals surface area contributed by atoms with E-state index >= 15 is 0 Å². The molecule has 1 aromatic carbocycles. The number of carbonyl (C=O) groups excluding carboxylic acids is 1. The van der Waals surface area contributed by atoms with Crippen molar-refractivity contribution >= 4 is 11.6 Å². The molecule has 1 saturated heterocycles. The summed E-state index contributed by atoms with van der Waals surface area (Å²) >= 11 is 0. The van der Waals surface area contributed by atoms with Crippen LogP contribution < -0.4 is 10.1 Å². The number of fused-ring (bicyclic) bond motifs is 1. The Balaban J connectivity index is 1.34. The second-order valence-electron chi connectivity index (χ2n) is 6.58. The van der Waals surface area contributed by atoms with Crippen molar-refractivity contribution in [2.75, 3.05) is 25.0 Å². The average molecular weight is 342 g/mol. The Labute approximate surface area is 146 Å². The number of benzene rings is 1. The standard InChI is InChI=1S/C18H22N4O3/c1-12-19-18(21-25-12)16-3-2-8-22(16)9-10-24-14-5-6-15-13(11-14)4-7-17(23)20-15/h5-6,11,16H,2-4,7-10H2,1H3,(H,20,23)/t16-/m0/s1. The number of ether oxygens (including phenoxy) is 1. The fourth-order valence-corrected chi connectivity index (χ4v) is 3.57. The van der Waals surface area contributed by atoms with Crippen molar-refractivity contribution in [1.82, 2.24) is 15.0 Å². The predicted octanol–water partition coefficient (Wildman–Crippen LogP) is 2.48. The molecule has 1 N–H and O–H groups in total. The summed E-state index contributed by atoms with van der Waals surface area (Å²) in [6, 6.07) is 6.08. The first-order valence-corrected chi connectivity index (χ1v) is 8.79. The molecule has 1 fully saturated rings. The number of hydrogen-bond acceptors (Lipinski definition) is 6. The molecule has 0 radical (unpaired) electrons. The second kappa shape index (κ2) is 6.84. The Morgan fingerprint density at radius 2 is 2.32 bits per heavy atom. The third-order valence-electron chi connectivity index (χ3n) is 4.82. The first-order valence-electron chi connectivity index (χ1n) is 8.79. The molecule has 2 aliphatic rings. The van der Waals surface area contributed by atoms with Crippen molar-refractivity contribution in [3.05, 3.63) is 35.5 Å². The Morgan fingerprint density at radius 3 is 3.16 bits per heavy atom. The van der Waals surface area contributed by atoms with Gasteiger partial charge in [0, 0.05) is 25.6 Å². The topological polar surface area (TPSA) is 80.5 Å². The van der Waals surface area contributed by atoms with Crippen LogP contribution in [0.2, 0.25) is 0 Å². The summed E-state index contributed by atoms with van der Waals surface area (Å²) in [5.74, 6) is 2.32. The van der Waals surface area contributed by atoms with Crippen LogP contribution in [0.1, 0.15) is 42.6 Å². The van der Waals surface area contributed by atoms with E-state index in [9.17, 15) is 4.79 Å². The number of hydrogen-bond donors (Lipinski definition) is 1. The quantitative estimate of drug-likeness (QED) is 0.899. The molecule has 0 bridgehead atoms. The van der Waals surface area contributed by atoms with Gasteiger partial charge in [0.25, 0.3) is 0 Å². The summed E-state index contributed by atoms with van der Waals surface area (Å²) in [7, 11) is 0. The molecule has 1 atom stereocenters. The summed E-state index contributed by atoms with van der Waals surface area (Å²) < 4.78 is 11.0. The first kappa shape index (κ1) is 16.1. The molecule has 0 aliphatic carbocycles. The van der Waals surface area contributed by atoms with Gasteiger partial charge in [-0.15, -0.1) is 0 Å². The van der Waals surface area contributed by atoms with E-state index in [1.807, 2.05) is 25.1 Å². The molecule has 7 nitrogen and oxygen atoms in total. The molecule has 0 spiro atoms. The van der Waals surface area contributed by atoms with Gasteiger partial charge in [-0.05, 0) is 49.6 Å². The number of amides is 1. The van der Waals surface area contributed by atoms with E-state index in [0.717, 1.165) is 55.2 Å². The number of rotatable bonds is 5. The Bertz CT molecular complexity index is 773. The lowest BCUT2D eigenvalue weighted by Gasteiger charge is -2.22. The van der Waals surface area contributed by atoms with Crippen molar-refractivity contribution in [2.45, 2.75) is 38.6 Å². The average Bonchev–Trinajstić information content (AvgIpc) is 3.23. The molecule has 132 valence electrons. The zero-order valence-electron chi connectivity index (χ0n) is 14.3. The molecule has 1 amide bonds. The summed E-state index contributed by atoms with van der Waals surface area (Å²) in [6.07, 6.45) is 3.49. The highest BCUT2D eigenvalue weighted by Gasteiger charge is 2.29. The third-order valence-corrected chi connectivity index (χ3v) is 4.82. The highest BCUT2D eigenvalue weighted by molar-refractivity contribution is 5.93. The number of anilines is 1. The van der Waals surface area contributed by atoms with Crippen molar-refractivity contribution in [2.24, 2.45) is 0 Å². The molecule has 0 unspecified atom stereocenters.